The number of hydrogen-bond acceptors (Lipinski definition) is 4. The topological polar surface area (TPSA) is 23.6 Å². The fraction of sp³-hybridized carbons (Fsp3) is 0.583. The minimum Gasteiger partial charge on any atom is -0.299 e. The quantitative estimate of drug-likeness (QED) is 0.847. The van der Waals surface area contributed by atoms with E-state index in [1.807, 2.05) is 11.4 Å². The largest absolute Gasteiger partial charge is 0.299 e. The van der Waals surface area contributed by atoms with Crippen molar-refractivity contribution in [3.05, 3.63) is 20.8 Å². The van der Waals surface area contributed by atoms with Crippen molar-refractivity contribution in [3.8, 4) is 0 Å². The van der Waals surface area contributed by atoms with Gasteiger partial charge in [0, 0.05) is 48.5 Å². The molecule has 0 aliphatic carbocycles. The summed E-state index contributed by atoms with van der Waals surface area (Å²) in [5.41, 5.74) is 0. The van der Waals surface area contributed by atoms with Crippen LogP contribution in [0.3, 0.4) is 0 Å². The van der Waals surface area contributed by atoms with Gasteiger partial charge in [0.2, 0.25) is 0 Å². The monoisotopic (exact) mass is 314 g/mol. The fourth-order valence-corrected chi connectivity index (χ4v) is 4.15. The van der Waals surface area contributed by atoms with Gasteiger partial charge in [0.15, 0.2) is 5.78 Å². The summed E-state index contributed by atoms with van der Waals surface area (Å²) in [6, 6.07) is 2.15. The average molecular weight is 315 g/mol. The molecule has 5 heteroatoms. The molecular formula is C12H15BrN2OS. The molecule has 3 fully saturated rings. The Labute approximate surface area is 114 Å². The highest BCUT2D eigenvalue weighted by Crippen LogP contribution is 2.25. The van der Waals surface area contributed by atoms with Crippen LogP contribution in [0.2, 0.25) is 0 Å². The first kappa shape index (κ1) is 11.8. The van der Waals surface area contributed by atoms with Crippen molar-refractivity contribution in [1.29, 1.82) is 0 Å². The molecule has 0 saturated carbocycles. The summed E-state index contributed by atoms with van der Waals surface area (Å²) >= 11 is 5.16. The maximum atomic E-state index is 12.3. The van der Waals surface area contributed by atoms with Crippen LogP contribution in [0, 0.1) is 0 Å². The number of fused-ring (bicyclic) bond motifs is 3. The normalized spacial score (nSPS) is 31.7. The standard InChI is InChI=1S/C12H15BrN2OS/c13-9-1-6-17-12(9)7-11(16)10-8-14-2-4-15(10)5-3-14/h1,6,10H,2-5,7-8H2. The van der Waals surface area contributed by atoms with Crippen molar-refractivity contribution in [2.75, 3.05) is 32.7 Å². The number of carbonyl (C=O) groups is 1. The minimum atomic E-state index is 0.131. The zero-order valence-corrected chi connectivity index (χ0v) is 12.0. The number of carbonyl (C=O) groups excluding carboxylic acids is 1. The van der Waals surface area contributed by atoms with Crippen molar-refractivity contribution in [1.82, 2.24) is 9.80 Å². The van der Waals surface area contributed by atoms with Crippen LogP contribution >= 0.6 is 27.3 Å². The summed E-state index contributed by atoms with van der Waals surface area (Å²) in [4.78, 5) is 18.2. The highest BCUT2D eigenvalue weighted by atomic mass is 79.9. The Morgan fingerprint density at radius 2 is 2.18 bits per heavy atom. The van der Waals surface area contributed by atoms with Gasteiger partial charge in [-0.1, -0.05) is 0 Å². The molecule has 1 unspecified atom stereocenters. The first-order chi connectivity index (χ1) is 8.24. The lowest BCUT2D eigenvalue weighted by Crippen LogP contribution is -2.63. The molecule has 4 heterocycles. The molecule has 0 spiro atoms. The molecule has 3 nitrogen and oxygen atoms in total. The molecule has 17 heavy (non-hydrogen) atoms. The molecule has 2 bridgehead atoms. The van der Waals surface area contributed by atoms with E-state index in [0.29, 0.717) is 12.2 Å². The van der Waals surface area contributed by atoms with E-state index in [0.717, 1.165) is 42.1 Å². The Hall–Kier alpha value is -0.230. The third kappa shape index (κ3) is 2.34. The predicted octanol–water partition coefficient (Wildman–Crippen LogP) is 1.62. The number of piperazine rings is 3. The lowest BCUT2D eigenvalue weighted by atomic mass is 10.0. The highest BCUT2D eigenvalue weighted by Gasteiger charge is 2.36. The first-order valence-electron chi connectivity index (χ1n) is 5.95. The molecule has 3 saturated heterocycles. The molecule has 4 rings (SSSR count). The van der Waals surface area contributed by atoms with Gasteiger partial charge in [-0.25, -0.2) is 0 Å². The maximum Gasteiger partial charge on any atom is 0.156 e. The van der Waals surface area contributed by atoms with Crippen LogP contribution in [0.15, 0.2) is 15.9 Å². The number of Topliss-reactive ketones (excluding diaryl/α,β-unsaturated/α-hetero) is 1. The van der Waals surface area contributed by atoms with E-state index in [1.54, 1.807) is 11.3 Å². The first-order valence-corrected chi connectivity index (χ1v) is 7.62. The van der Waals surface area contributed by atoms with Crippen molar-refractivity contribution >= 4 is 33.0 Å². The fourth-order valence-electron chi connectivity index (χ4n) is 2.65. The molecule has 3 aliphatic rings. The van der Waals surface area contributed by atoms with Crippen molar-refractivity contribution < 1.29 is 4.79 Å². The van der Waals surface area contributed by atoms with Gasteiger partial charge in [-0.3, -0.25) is 14.6 Å². The van der Waals surface area contributed by atoms with Gasteiger partial charge >= 0.3 is 0 Å². The lowest BCUT2D eigenvalue weighted by Gasteiger charge is -2.46. The second-order valence-electron chi connectivity index (χ2n) is 4.69. The summed E-state index contributed by atoms with van der Waals surface area (Å²) < 4.78 is 1.08. The lowest BCUT2D eigenvalue weighted by molar-refractivity contribution is -0.128. The Bertz CT molecular complexity index is 426. The zero-order chi connectivity index (χ0) is 11.8. The summed E-state index contributed by atoms with van der Waals surface area (Å²) in [5.74, 6) is 0.373. The Kier molecular flexibility index (Phi) is 3.34. The van der Waals surface area contributed by atoms with E-state index in [1.165, 1.54) is 0 Å². The number of thiophene rings is 1. The molecule has 0 radical (unpaired) electrons. The molecule has 0 amide bonds. The second-order valence-corrected chi connectivity index (χ2v) is 6.54. The van der Waals surface area contributed by atoms with Crippen LogP contribution < -0.4 is 0 Å². The van der Waals surface area contributed by atoms with Crippen LogP contribution in [0.5, 0.6) is 0 Å². The summed E-state index contributed by atoms with van der Waals surface area (Å²) in [6.45, 7) is 5.31. The van der Waals surface area contributed by atoms with E-state index in [4.69, 9.17) is 0 Å². The molecule has 1 aromatic heterocycles. The summed E-state index contributed by atoms with van der Waals surface area (Å²) in [7, 11) is 0. The molecule has 0 aromatic carbocycles. The van der Waals surface area contributed by atoms with E-state index in [2.05, 4.69) is 25.7 Å². The van der Waals surface area contributed by atoms with Crippen LogP contribution in [0.1, 0.15) is 4.88 Å². The summed E-state index contributed by atoms with van der Waals surface area (Å²) in [6.07, 6.45) is 0.577. The van der Waals surface area contributed by atoms with Crippen molar-refractivity contribution in [3.63, 3.8) is 0 Å². The smallest absolute Gasteiger partial charge is 0.156 e. The molecule has 92 valence electrons. The predicted molar refractivity (Wildman–Crippen MR) is 72.5 cm³/mol. The molecule has 1 aromatic rings. The van der Waals surface area contributed by atoms with Crippen molar-refractivity contribution in [2.24, 2.45) is 0 Å². The number of rotatable bonds is 3. The van der Waals surface area contributed by atoms with Crippen LogP contribution in [0.25, 0.3) is 0 Å². The molecule has 3 aliphatic heterocycles. The minimum absolute atomic E-state index is 0.131. The van der Waals surface area contributed by atoms with E-state index in [9.17, 15) is 4.79 Å². The van der Waals surface area contributed by atoms with Gasteiger partial charge in [0.25, 0.3) is 0 Å². The van der Waals surface area contributed by atoms with Gasteiger partial charge in [-0.15, -0.1) is 11.3 Å². The van der Waals surface area contributed by atoms with Gasteiger partial charge in [0.05, 0.1) is 6.04 Å². The molecular weight excluding hydrogens is 300 g/mol. The van der Waals surface area contributed by atoms with Crippen molar-refractivity contribution in [2.45, 2.75) is 12.5 Å². The highest BCUT2D eigenvalue weighted by molar-refractivity contribution is 9.10. The van der Waals surface area contributed by atoms with Gasteiger partial charge in [0.1, 0.15) is 0 Å². The Balaban J connectivity index is 1.69. The van der Waals surface area contributed by atoms with E-state index < -0.39 is 0 Å². The van der Waals surface area contributed by atoms with Crippen LogP contribution in [0.4, 0.5) is 0 Å². The molecule has 0 N–H and O–H groups in total. The SMILES string of the molecule is O=C(Cc1sccc1Br)C1CN2CCN1CC2. The van der Waals surface area contributed by atoms with E-state index >= 15 is 0 Å². The number of nitrogens with zero attached hydrogens (tertiary/aromatic N) is 2. The summed E-state index contributed by atoms with van der Waals surface area (Å²) in [5, 5.41) is 2.03. The average Bonchev–Trinajstić information content (AvgIpc) is 2.76. The Morgan fingerprint density at radius 1 is 1.41 bits per heavy atom. The number of ketones is 1. The Morgan fingerprint density at radius 3 is 2.71 bits per heavy atom. The van der Waals surface area contributed by atoms with Gasteiger partial charge in [-0.2, -0.15) is 0 Å². The zero-order valence-electron chi connectivity index (χ0n) is 9.56. The maximum absolute atomic E-state index is 12.3. The molecule has 1 atom stereocenters. The van der Waals surface area contributed by atoms with Gasteiger partial charge in [-0.05, 0) is 27.4 Å². The van der Waals surface area contributed by atoms with Gasteiger partial charge < -0.3 is 0 Å². The third-order valence-corrected chi connectivity index (χ3v) is 5.60. The van der Waals surface area contributed by atoms with Crippen LogP contribution in [-0.2, 0) is 11.2 Å². The third-order valence-electron chi connectivity index (χ3n) is 3.68. The number of halogens is 1. The number of hydrogen-bond donors (Lipinski definition) is 0. The van der Waals surface area contributed by atoms with Crippen LogP contribution in [-0.4, -0.2) is 54.3 Å². The van der Waals surface area contributed by atoms with E-state index in [-0.39, 0.29) is 6.04 Å². The second kappa shape index (κ2) is 4.80.